The van der Waals surface area contributed by atoms with E-state index in [1.807, 2.05) is 0 Å². The molecule has 0 saturated heterocycles. The minimum absolute atomic E-state index is 0.274. The molecule has 0 radical (unpaired) electrons. The zero-order chi connectivity index (χ0) is 12.8. The van der Waals surface area contributed by atoms with Crippen LogP contribution in [0.25, 0.3) is 0 Å². The Hall–Kier alpha value is -0.980. The largest absolute Gasteiger partial charge is 0.490 e. The van der Waals surface area contributed by atoms with E-state index in [4.69, 9.17) is 4.74 Å². The summed E-state index contributed by atoms with van der Waals surface area (Å²) < 4.78 is 5.86. The molecule has 0 aliphatic heterocycles. The van der Waals surface area contributed by atoms with E-state index < -0.39 is 0 Å². The molecule has 1 aromatic carbocycles. The van der Waals surface area contributed by atoms with Crippen molar-refractivity contribution in [1.29, 1.82) is 0 Å². The third kappa shape index (κ3) is 4.80. The monoisotopic (exact) mass is 234 g/mol. The van der Waals surface area contributed by atoms with Gasteiger partial charge >= 0.3 is 0 Å². The molecular weight excluding hydrogens is 208 g/mol. The molecule has 0 aromatic heterocycles. The third-order valence-electron chi connectivity index (χ3n) is 3.47. The van der Waals surface area contributed by atoms with E-state index in [1.54, 1.807) is 0 Å². The van der Waals surface area contributed by atoms with Crippen LogP contribution in [0.1, 0.15) is 46.6 Å². The first kappa shape index (κ1) is 14.1. The SMILES string of the molecule is CCC(C)Cc1ccc(OC(C)C(C)C)cc1. The fraction of sp³-hybridized carbons (Fsp3) is 0.625. The minimum atomic E-state index is 0.274. The van der Waals surface area contributed by atoms with Crippen molar-refractivity contribution < 1.29 is 4.74 Å². The van der Waals surface area contributed by atoms with E-state index >= 15 is 0 Å². The fourth-order valence-corrected chi connectivity index (χ4v) is 1.60. The topological polar surface area (TPSA) is 9.23 Å². The molecule has 1 nitrogen and oxygen atoms in total. The standard InChI is InChI=1S/C16H26O/c1-6-13(4)11-15-7-9-16(10-8-15)17-14(5)12(2)3/h7-10,12-14H,6,11H2,1-5H3. The van der Waals surface area contributed by atoms with Crippen LogP contribution in [0.4, 0.5) is 0 Å². The fourth-order valence-electron chi connectivity index (χ4n) is 1.60. The summed E-state index contributed by atoms with van der Waals surface area (Å²) in [7, 11) is 0. The third-order valence-corrected chi connectivity index (χ3v) is 3.47. The van der Waals surface area contributed by atoms with E-state index in [9.17, 15) is 0 Å². The summed E-state index contributed by atoms with van der Waals surface area (Å²) in [6.07, 6.45) is 2.68. The maximum Gasteiger partial charge on any atom is 0.119 e. The van der Waals surface area contributed by atoms with Gasteiger partial charge in [0.1, 0.15) is 5.75 Å². The first-order valence-corrected chi connectivity index (χ1v) is 6.78. The Balaban J connectivity index is 2.56. The average Bonchev–Trinajstić information content (AvgIpc) is 2.31. The molecule has 0 heterocycles. The van der Waals surface area contributed by atoms with Gasteiger partial charge in [0.2, 0.25) is 0 Å². The van der Waals surface area contributed by atoms with Crippen molar-refractivity contribution in [3.8, 4) is 5.75 Å². The quantitative estimate of drug-likeness (QED) is 0.693. The van der Waals surface area contributed by atoms with Crippen LogP contribution in [-0.2, 0) is 6.42 Å². The summed E-state index contributed by atoms with van der Waals surface area (Å²) in [5, 5.41) is 0. The Labute approximate surface area is 106 Å². The summed E-state index contributed by atoms with van der Waals surface area (Å²) in [6.45, 7) is 11.0. The zero-order valence-corrected chi connectivity index (χ0v) is 11.9. The van der Waals surface area contributed by atoms with Crippen molar-refractivity contribution in [2.75, 3.05) is 0 Å². The lowest BCUT2D eigenvalue weighted by molar-refractivity contribution is 0.170. The smallest absolute Gasteiger partial charge is 0.119 e. The minimum Gasteiger partial charge on any atom is -0.490 e. The Bertz CT molecular complexity index is 313. The predicted molar refractivity (Wildman–Crippen MR) is 74.5 cm³/mol. The Morgan fingerprint density at radius 1 is 1.00 bits per heavy atom. The van der Waals surface area contributed by atoms with Crippen LogP contribution in [-0.4, -0.2) is 6.10 Å². The van der Waals surface area contributed by atoms with E-state index in [0.717, 1.165) is 18.1 Å². The molecule has 0 spiro atoms. The molecule has 1 rings (SSSR count). The summed E-state index contributed by atoms with van der Waals surface area (Å²) >= 11 is 0. The lowest BCUT2D eigenvalue weighted by atomic mass is 9.99. The highest BCUT2D eigenvalue weighted by atomic mass is 16.5. The van der Waals surface area contributed by atoms with Gasteiger partial charge in [-0.2, -0.15) is 0 Å². The molecule has 1 aromatic rings. The van der Waals surface area contributed by atoms with E-state index in [2.05, 4.69) is 58.9 Å². The number of hydrogen-bond acceptors (Lipinski definition) is 1. The van der Waals surface area contributed by atoms with Crippen LogP contribution in [0, 0.1) is 11.8 Å². The molecule has 1 heteroatoms. The van der Waals surface area contributed by atoms with Crippen LogP contribution < -0.4 is 4.74 Å². The predicted octanol–water partition coefficient (Wildman–Crippen LogP) is 4.70. The van der Waals surface area contributed by atoms with E-state index in [0.29, 0.717) is 5.92 Å². The molecule has 0 saturated carbocycles. The van der Waals surface area contributed by atoms with Crippen molar-refractivity contribution >= 4 is 0 Å². The second-order valence-electron chi connectivity index (χ2n) is 5.43. The van der Waals surface area contributed by atoms with Crippen molar-refractivity contribution in [2.24, 2.45) is 11.8 Å². The van der Waals surface area contributed by atoms with Gasteiger partial charge in [-0.25, -0.2) is 0 Å². The average molecular weight is 234 g/mol. The summed E-state index contributed by atoms with van der Waals surface area (Å²) in [6, 6.07) is 8.57. The van der Waals surface area contributed by atoms with Crippen LogP contribution in [0.3, 0.4) is 0 Å². The number of rotatable bonds is 6. The molecule has 17 heavy (non-hydrogen) atoms. The van der Waals surface area contributed by atoms with E-state index in [-0.39, 0.29) is 6.10 Å². The summed E-state index contributed by atoms with van der Waals surface area (Å²) in [4.78, 5) is 0. The van der Waals surface area contributed by atoms with Crippen LogP contribution in [0.15, 0.2) is 24.3 Å². The summed E-state index contributed by atoms with van der Waals surface area (Å²) in [5.41, 5.74) is 1.41. The highest BCUT2D eigenvalue weighted by Gasteiger charge is 2.08. The lowest BCUT2D eigenvalue weighted by Crippen LogP contribution is -2.18. The van der Waals surface area contributed by atoms with Gasteiger partial charge in [0.05, 0.1) is 6.10 Å². The highest BCUT2D eigenvalue weighted by molar-refractivity contribution is 5.27. The van der Waals surface area contributed by atoms with Gasteiger partial charge in [0.15, 0.2) is 0 Å². The molecule has 0 aliphatic rings. The Morgan fingerprint density at radius 3 is 2.06 bits per heavy atom. The zero-order valence-electron chi connectivity index (χ0n) is 11.9. The van der Waals surface area contributed by atoms with Crippen molar-refractivity contribution in [3.05, 3.63) is 29.8 Å². The first-order valence-electron chi connectivity index (χ1n) is 6.78. The van der Waals surface area contributed by atoms with Gasteiger partial charge in [-0.15, -0.1) is 0 Å². The molecule has 0 fully saturated rings. The Kier molecular flexibility index (Phi) is 5.54. The van der Waals surface area contributed by atoms with Gasteiger partial charge < -0.3 is 4.74 Å². The molecule has 96 valence electrons. The highest BCUT2D eigenvalue weighted by Crippen LogP contribution is 2.19. The molecular formula is C16H26O. The van der Waals surface area contributed by atoms with Gasteiger partial charge in [-0.3, -0.25) is 0 Å². The maximum absolute atomic E-state index is 5.86. The van der Waals surface area contributed by atoms with Gasteiger partial charge in [-0.05, 0) is 42.9 Å². The summed E-state index contributed by atoms with van der Waals surface area (Å²) in [5.74, 6) is 2.30. The number of ether oxygens (including phenoxy) is 1. The molecule has 2 unspecified atom stereocenters. The van der Waals surface area contributed by atoms with Crippen molar-refractivity contribution in [1.82, 2.24) is 0 Å². The van der Waals surface area contributed by atoms with Crippen molar-refractivity contribution in [3.63, 3.8) is 0 Å². The van der Waals surface area contributed by atoms with Crippen LogP contribution in [0.5, 0.6) is 5.75 Å². The maximum atomic E-state index is 5.86. The van der Waals surface area contributed by atoms with Crippen LogP contribution >= 0.6 is 0 Å². The Morgan fingerprint density at radius 2 is 1.59 bits per heavy atom. The van der Waals surface area contributed by atoms with Gasteiger partial charge in [0, 0.05) is 0 Å². The normalized spacial score (nSPS) is 14.7. The second kappa shape index (κ2) is 6.68. The molecule has 0 N–H and O–H groups in total. The molecule has 0 amide bonds. The number of benzene rings is 1. The lowest BCUT2D eigenvalue weighted by Gasteiger charge is -2.18. The molecule has 2 atom stereocenters. The van der Waals surface area contributed by atoms with Gasteiger partial charge in [-0.1, -0.05) is 46.2 Å². The molecule has 0 aliphatic carbocycles. The second-order valence-corrected chi connectivity index (χ2v) is 5.43. The van der Waals surface area contributed by atoms with Crippen LogP contribution in [0.2, 0.25) is 0 Å². The number of hydrogen-bond donors (Lipinski definition) is 0. The van der Waals surface area contributed by atoms with Gasteiger partial charge in [0.25, 0.3) is 0 Å². The molecule has 0 bridgehead atoms. The van der Waals surface area contributed by atoms with E-state index in [1.165, 1.54) is 12.0 Å². The first-order chi connectivity index (χ1) is 8.02. The van der Waals surface area contributed by atoms with Crippen molar-refractivity contribution in [2.45, 2.75) is 53.6 Å².